The standard InChI is InChI=1S/C40H67N5O8/c1-13-26(6)35(44(10)39(49)33(24(2)3)42-38(48)34(25(4)5)43(8)9)31(52-11)23-32(46)45-21-17-20-30(45)36(53-12)27(7)37(47)41-29(40(50)51)22-28-18-15-14-16-19-28/h14-16,18-19,24-27,29-31,33-36H,13,17,20-23H2,1-12H3,(H,41,47)(H,42,48)(H,50,51)/t26-,27+,29-,30-,31?,33-,34-,35-,36+/m0/s1. The summed E-state index contributed by atoms with van der Waals surface area (Å²) in [5.41, 5.74) is 0.785. The van der Waals surface area contributed by atoms with Crippen molar-refractivity contribution in [2.24, 2.45) is 23.7 Å². The number of rotatable bonds is 21. The minimum atomic E-state index is -1.14. The second-order valence-electron chi connectivity index (χ2n) is 15.6. The number of amides is 4. The molecule has 1 heterocycles. The van der Waals surface area contributed by atoms with Gasteiger partial charge in [-0.2, -0.15) is 0 Å². The first-order valence-corrected chi connectivity index (χ1v) is 19.1. The van der Waals surface area contributed by atoms with Crippen LogP contribution in [0.3, 0.4) is 0 Å². The van der Waals surface area contributed by atoms with Crippen LogP contribution in [-0.4, -0.2) is 134 Å². The highest BCUT2D eigenvalue weighted by molar-refractivity contribution is 5.90. The Balaban J connectivity index is 2.27. The molecule has 0 spiro atoms. The Morgan fingerprint density at radius 1 is 0.906 bits per heavy atom. The zero-order valence-electron chi connectivity index (χ0n) is 34.1. The van der Waals surface area contributed by atoms with Crippen molar-refractivity contribution < 1.29 is 38.6 Å². The Labute approximate surface area is 317 Å². The molecule has 1 unspecified atom stereocenters. The Morgan fingerprint density at radius 2 is 1.53 bits per heavy atom. The largest absolute Gasteiger partial charge is 0.480 e. The number of nitrogens with zero attached hydrogens (tertiary/aromatic N) is 3. The summed E-state index contributed by atoms with van der Waals surface area (Å²) in [6, 6.07) is 5.89. The quantitative estimate of drug-likeness (QED) is 0.172. The molecule has 2 rings (SSSR count). The first-order chi connectivity index (χ1) is 24.9. The summed E-state index contributed by atoms with van der Waals surface area (Å²) in [4.78, 5) is 72.5. The van der Waals surface area contributed by atoms with Gasteiger partial charge in [-0.3, -0.25) is 24.1 Å². The lowest BCUT2D eigenvalue weighted by atomic mass is 9.89. The van der Waals surface area contributed by atoms with E-state index in [0.29, 0.717) is 19.4 Å². The lowest BCUT2D eigenvalue weighted by Gasteiger charge is -2.41. The van der Waals surface area contributed by atoms with E-state index >= 15 is 0 Å². The topological polar surface area (TPSA) is 158 Å². The summed E-state index contributed by atoms with van der Waals surface area (Å²) in [5.74, 6) is -3.21. The van der Waals surface area contributed by atoms with E-state index in [-0.39, 0.29) is 48.3 Å². The van der Waals surface area contributed by atoms with Gasteiger partial charge < -0.3 is 35.0 Å². The predicted octanol–water partition coefficient (Wildman–Crippen LogP) is 3.45. The van der Waals surface area contributed by atoms with Gasteiger partial charge in [0.2, 0.25) is 23.6 Å². The van der Waals surface area contributed by atoms with E-state index < -0.39 is 60.2 Å². The molecule has 3 N–H and O–H groups in total. The molecule has 0 bridgehead atoms. The van der Waals surface area contributed by atoms with Gasteiger partial charge in [0.1, 0.15) is 12.1 Å². The fourth-order valence-corrected chi connectivity index (χ4v) is 7.76. The number of likely N-dealkylation sites (tertiary alicyclic amines) is 1. The molecule has 0 saturated carbocycles. The number of hydrogen-bond acceptors (Lipinski definition) is 8. The second kappa shape index (κ2) is 21.4. The van der Waals surface area contributed by atoms with Gasteiger partial charge >= 0.3 is 5.97 Å². The number of carbonyl (C=O) groups excluding carboxylic acids is 4. The number of benzene rings is 1. The van der Waals surface area contributed by atoms with Crippen LogP contribution in [0.5, 0.6) is 0 Å². The fourth-order valence-electron chi connectivity index (χ4n) is 7.76. The average molecular weight is 746 g/mol. The highest BCUT2D eigenvalue weighted by Gasteiger charge is 2.43. The van der Waals surface area contributed by atoms with Gasteiger partial charge in [-0.25, -0.2) is 4.79 Å². The molecule has 1 aliphatic heterocycles. The van der Waals surface area contributed by atoms with E-state index in [4.69, 9.17) is 9.47 Å². The van der Waals surface area contributed by atoms with Crippen molar-refractivity contribution in [2.75, 3.05) is 41.9 Å². The average Bonchev–Trinajstić information content (AvgIpc) is 3.59. The van der Waals surface area contributed by atoms with Crippen molar-refractivity contribution in [3.63, 3.8) is 0 Å². The minimum absolute atomic E-state index is 0.0104. The molecule has 13 heteroatoms. The Morgan fingerprint density at radius 3 is 2.02 bits per heavy atom. The van der Waals surface area contributed by atoms with Gasteiger partial charge in [0.25, 0.3) is 0 Å². The van der Waals surface area contributed by atoms with E-state index in [9.17, 15) is 29.1 Å². The van der Waals surface area contributed by atoms with Crippen LogP contribution < -0.4 is 10.6 Å². The Hall–Kier alpha value is -3.55. The number of likely N-dealkylation sites (N-methyl/N-ethyl adjacent to an activating group) is 2. The number of hydrogen-bond donors (Lipinski definition) is 3. The third-order valence-electron chi connectivity index (χ3n) is 10.8. The van der Waals surface area contributed by atoms with E-state index in [1.54, 1.807) is 23.8 Å². The summed E-state index contributed by atoms with van der Waals surface area (Å²) in [5, 5.41) is 15.6. The molecule has 0 aliphatic carbocycles. The molecule has 1 saturated heterocycles. The van der Waals surface area contributed by atoms with Gasteiger partial charge in [-0.15, -0.1) is 0 Å². The smallest absolute Gasteiger partial charge is 0.326 e. The molecular weight excluding hydrogens is 678 g/mol. The molecular formula is C40H67N5O8. The highest BCUT2D eigenvalue weighted by Crippen LogP contribution is 2.30. The van der Waals surface area contributed by atoms with Crippen molar-refractivity contribution in [3.8, 4) is 0 Å². The molecule has 1 aromatic rings. The lowest BCUT2D eigenvalue weighted by Crippen LogP contribution is -2.59. The number of aliphatic carboxylic acids is 1. The first-order valence-electron chi connectivity index (χ1n) is 19.1. The summed E-state index contributed by atoms with van der Waals surface area (Å²) >= 11 is 0. The van der Waals surface area contributed by atoms with Crippen LogP contribution in [0.2, 0.25) is 0 Å². The molecule has 300 valence electrons. The Bertz CT molecular complexity index is 1330. The van der Waals surface area contributed by atoms with Crippen LogP contribution in [0.4, 0.5) is 0 Å². The number of carboxylic acids is 1. The Kier molecular flexibility index (Phi) is 18.4. The van der Waals surface area contributed by atoms with Crippen molar-refractivity contribution in [3.05, 3.63) is 35.9 Å². The van der Waals surface area contributed by atoms with Crippen LogP contribution in [0.1, 0.15) is 79.7 Å². The van der Waals surface area contributed by atoms with Gasteiger partial charge in [0, 0.05) is 34.2 Å². The minimum Gasteiger partial charge on any atom is -0.480 e. The van der Waals surface area contributed by atoms with Crippen molar-refractivity contribution in [1.29, 1.82) is 0 Å². The molecule has 0 aromatic heterocycles. The van der Waals surface area contributed by atoms with Crippen molar-refractivity contribution in [2.45, 2.75) is 123 Å². The SMILES string of the molecule is CC[C@H](C)[C@@H](C(CC(=O)N1CCC[C@H]1[C@H](OC)[C@@H](C)C(=O)N[C@@H](Cc1ccccc1)C(=O)O)OC)N(C)C(=O)[C@@H](NC(=O)[C@H](C(C)C)N(C)C)C(C)C. The molecule has 1 aromatic carbocycles. The first kappa shape index (κ1) is 45.6. The van der Waals surface area contributed by atoms with E-state index in [1.807, 2.05) is 90.9 Å². The number of ether oxygens (including phenoxy) is 2. The van der Waals surface area contributed by atoms with Gasteiger partial charge in [0.05, 0.1) is 42.7 Å². The molecule has 9 atom stereocenters. The van der Waals surface area contributed by atoms with Crippen LogP contribution in [0.25, 0.3) is 0 Å². The molecule has 53 heavy (non-hydrogen) atoms. The number of nitrogens with one attached hydrogen (secondary N) is 2. The summed E-state index contributed by atoms with van der Waals surface area (Å²) in [6.07, 6.45) is 0.820. The maximum atomic E-state index is 14.2. The summed E-state index contributed by atoms with van der Waals surface area (Å²) in [7, 11) is 8.44. The molecule has 4 amide bonds. The lowest BCUT2D eigenvalue weighted by molar-refractivity contribution is -0.148. The highest BCUT2D eigenvalue weighted by atomic mass is 16.5. The normalized spacial score (nSPS) is 19.2. The monoisotopic (exact) mass is 745 g/mol. The van der Waals surface area contributed by atoms with Gasteiger partial charge in [0.15, 0.2) is 0 Å². The maximum absolute atomic E-state index is 14.2. The maximum Gasteiger partial charge on any atom is 0.326 e. The third kappa shape index (κ3) is 12.2. The zero-order valence-corrected chi connectivity index (χ0v) is 34.1. The molecule has 1 fully saturated rings. The second-order valence-corrected chi connectivity index (χ2v) is 15.6. The van der Waals surface area contributed by atoms with Crippen molar-refractivity contribution >= 4 is 29.6 Å². The number of carboxylic acid groups (broad SMARTS) is 1. The van der Waals surface area contributed by atoms with Crippen LogP contribution >= 0.6 is 0 Å². The fraction of sp³-hybridized carbons (Fsp3) is 0.725. The number of methoxy groups -OCH3 is 2. The van der Waals surface area contributed by atoms with E-state index in [0.717, 1.165) is 12.0 Å². The molecule has 0 radical (unpaired) electrons. The van der Waals surface area contributed by atoms with Gasteiger partial charge in [-0.1, -0.05) is 85.2 Å². The van der Waals surface area contributed by atoms with E-state index in [2.05, 4.69) is 10.6 Å². The van der Waals surface area contributed by atoms with Crippen molar-refractivity contribution in [1.82, 2.24) is 25.3 Å². The third-order valence-corrected chi connectivity index (χ3v) is 10.8. The van der Waals surface area contributed by atoms with E-state index in [1.165, 1.54) is 14.2 Å². The predicted molar refractivity (Wildman–Crippen MR) is 205 cm³/mol. The number of carbonyl (C=O) groups is 5. The molecule has 1 aliphatic rings. The van der Waals surface area contributed by atoms with Crippen LogP contribution in [0, 0.1) is 23.7 Å². The van der Waals surface area contributed by atoms with Crippen LogP contribution in [0.15, 0.2) is 30.3 Å². The summed E-state index contributed by atoms with van der Waals surface area (Å²) in [6.45, 7) is 13.9. The zero-order chi connectivity index (χ0) is 40.2. The molecule has 13 nitrogen and oxygen atoms in total. The van der Waals surface area contributed by atoms with Gasteiger partial charge in [-0.05, 0) is 50.3 Å². The summed E-state index contributed by atoms with van der Waals surface area (Å²) < 4.78 is 11.9. The van der Waals surface area contributed by atoms with Crippen LogP contribution in [-0.2, 0) is 39.9 Å².